The van der Waals surface area contributed by atoms with Crippen molar-refractivity contribution < 1.29 is 132 Å². The zero-order chi connectivity index (χ0) is 21.6. The molecule has 0 radical (unpaired) electrons. The summed E-state index contributed by atoms with van der Waals surface area (Å²) in [6, 6.07) is 0. The molecule has 0 amide bonds. The maximum absolute atomic E-state index is 11.8. The Labute approximate surface area is 266 Å². The average Bonchev–Trinajstić information content (AvgIpc) is 2.61. The Morgan fingerprint density at radius 1 is 1.00 bits per heavy atom. The summed E-state index contributed by atoms with van der Waals surface area (Å²) < 4.78 is 5.08. The Morgan fingerprint density at radius 2 is 1.50 bits per heavy atom. The molecular formula is C22H34K2O6. The molecule has 0 bridgehead atoms. The Bertz CT molecular complexity index is 562. The number of esters is 1. The van der Waals surface area contributed by atoms with E-state index in [4.69, 9.17) is 4.74 Å². The number of rotatable bonds is 16. The van der Waals surface area contributed by atoms with Gasteiger partial charge in [0.1, 0.15) is 6.10 Å². The molecule has 160 valence electrons. The topological polar surface area (TPSA) is 107 Å². The van der Waals surface area contributed by atoms with E-state index in [1.54, 1.807) is 6.08 Å². The van der Waals surface area contributed by atoms with Crippen LogP contribution in [0.25, 0.3) is 0 Å². The summed E-state index contributed by atoms with van der Waals surface area (Å²) in [5.74, 6) is -3.96. The number of carbonyl (C=O) groups excluding carboxylic acids is 3. The first-order valence-corrected chi connectivity index (χ1v) is 10.1. The number of ether oxygens (including phenoxy) is 1. The monoisotopic (exact) mass is 472 g/mol. The van der Waals surface area contributed by atoms with E-state index in [0.717, 1.165) is 19.3 Å². The van der Waals surface area contributed by atoms with Crippen LogP contribution in [0, 0.1) is 5.41 Å². The van der Waals surface area contributed by atoms with Crippen LogP contribution in [0.4, 0.5) is 0 Å². The van der Waals surface area contributed by atoms with E-state index in [-0.39, 0.29) is 108 Å². The van der Waals surface area contributed by atoms with Crippen molar-refractivity contribution >= 4 is 17.9 Å². The SMILES string of the molecule is C=C(C)C(=O)OC(C)C(C=CCCCCCCCCCC)(CC(=O)[O-])C(=O)[O-].[K+].[K+]. The van der Waals surface area contributed by atoms with Crippen molar-refractivity contribution in [1.82, 2.24) is 0 Å². The summed E-state index contributed by atoms with van der Waals surface area (Å²) in [5, 5.41) is 22.9. The summed E-state index contributed by atoms with van der Waals surface area (Å²) in [4.78, 5) is 34.6. The first-order chi connectivity index (χ1) is 13.2. The molecule has 2 unspecified atom stereocenters. The molecule has 0 aromatic carbocycles. The molecule has 0 aromatic heterocycles. The second-order valence-electron chi connectivity index (χ2n) is 7.37. The van der Waals surface area contributed by atoms with Gasteiger partial charge < -0.3 is 24.5 Å². The van der Waals surface area contributed by atoms with Crippen LogP contribution in [0.2, 0.25) is 0 Å². The van der Waals surface area contributed by atoms with E-state index in [1.165, 1.54) is 52.0 Å². The Balaban J connectivity index is -0.00000364. The minimum Gasteiger partial charge on any atom is -0.550 e. The van der Waals surface area contributed by atoms with Gasteiger partial charge in [0.15, 0.2) is 0 Å². The first-order valence-electron chi connectivity index (χ1n) is 10.1. The van der Waals surface area contributed by atoms with Crippen molar-refractivity contribution in [2.24, 2.45) is 5.41 Å². The smallest absolute Gasteiger partial charge is 0.550 e. The first kappa shape index (κ1) is 35.7. The van der Waals surface area contributed by atoms with Gasteiger partial charge in [0.2, 0.25) is 0 Å². The molecule has 0 aliphatic carbocycles. The fourth-order valence-corrected chi connectivity index (χ4v) is 2.94. The molecule has 0 aliphatic heterocycles. The summed E-state index contributed by atoms with van der Waals surface area (Å²) >= 11 is 0. The van der Waals surface area contributed by atoms with Gasteiger partial charge in [0.05, 0.1) is 11.4 Å². The maximum Gasteiger partial charge on any atom is 1.00 e. The molecular weight excluding hydrogens is 438 g/mol. The fourth-order valence-electron chi connectivity index (χ4n) is 2.94. The number of allylic oxidation sites excluding steroid dienone is 1. The van der Waals surface area contributed by atoms with Crippen LogP contribution < -0.4 is 113 Å². The second kappa shape index (κ2) is 20.7. The van der Waals surface area contributed by atoms with Crippen molar-refractivity contribution in [2.75, 3.05) is 0 Å². The molecule has 8 heteroatoms. The maximum atomic E-state index is 11.8. The van der Waals surface area contributed by atoms with Gasteiger partial charge in [-0.2, -0.15) is 0 Å². The van der Waals surface area contributed by atoms with E-state index in [0.29, 0.717) is 6.42 Å². The van der Waals surface area contributed by atoms with Gasteiger partial charge in [-0.25, -0.2) is 4.79 Å². The molecule has 0 rings (SSSR count). The van der Waals surface area contributed by atoms with Gasteiger partial charge >= 0.3 is 109 Å². The van der Waals surface area contributed by atoms with E-state index >= 15 is 0 Å². The molecule has 0 N–H and O–H groups in total. The number of carbonyl (C=O) groups is 3. The molecule has 0 saturated carbocycles. The Kier molecular flexibility index (Phi) is 24.7. The van der Waals surface area contributed by atoms with Crippen LogP contribution in [0.15, 0.2) is 24.3 Å². The second-order valence-corrected chi connectivity index (χ2v) is 7.37. The summed E-state index contributed by atoms with van der Waals surface area (Å²) in [5.41, 5.74) is -1.89. The van der Waals surface area contributed by atoms with Crippen LogP contribution >= 0.6 is 0 Å². The zero-order valence-electron chi connectivity index (χ0n) is 19.5. The Hall–Kier alpha value is 1.16. The predicted octanol–water partition coefficient (Wildman–Crippen LogP) is -3.53. The van der Waals surface area contributed by atoms with Crippen molar-refractivity contribution in [2.45, 2.75) is 91.1 Å². The molecule has 2 atom stereocenters. The van der Waals surface area contributed by atoms with Gasteiger partial charge in [-0.05, 0) is 26.7 Å². The molecule has 0 spiro atoms. The third kappa shape index (κ3) is 15.1. The summed E-state index contributed by atoms with van der Waals surface area (Å²) in [7, 11) is 0. The Morgan fingerprint density at radius 3 is 1.93 bits per heavy atom. The third-order valence-corrected chi connectivity index (χ3v) is 4.81. The van der Waals surface area contributed by atoms with E-state index in [2.05, 4.69) is 13.5 Å². The van der Waals surface area contributed by atoms with E-state index in [1.807, 2.05) is 0 Å². The third-order valence-electron chi connectivity index (χ3n) is 4.81. The molecule has 30 heavy (non-hydrogen) atoms. The molecule has 0 fully saturated rings. The fraction of sp³-hybridized carbons (Fsp3) is 0.682. The van der Waals surface area contributed by atoms with Crippen molar-refractivity contribution in [1.29, 1.82) is 0 Å². The molecule has 0 aliphatic rings. The number of hydrogen-bond donors (Lipinski definition) is 0. The quantitative estimate of drug-likeness (QED) is 0.0758. The molecule has 6 nitrogen and oxygen atoms in total. The van der Waals surface area contributed by atoms with E-state index in [9.17, 15) is 24.6 Å². The summed E-state index contributed by atoms with van der Waals surface area (Å²) in [6.07, 6.45) is 10.6. The van der Waals surface area contributed by atoms with Crippen molar-refractivity contribution in [3.05, 3.63) is 24.3 Å². The van der Waals surface area contributed by atoms with Crippen LogP contribution in [-0.4, -0.2) is 24.0 Å². The largest absolute Gasteiger partial charge is 1.00 e. The number of unbranched alkanes of at least 4 members (excludes halogenated alkanes) is 8. The number of aliphatic carboxylic acids is 2. The van der Waals surface area contributed by atoms with Crippen LogP contribution in [0.3, 0.4) is 0 Å². The predicted molar refractivity (Wildman–Crippen MR) is 104 cm³/mol. The van der Waals surface area contributed by atoms with Gasteiger partial charge in [0.25, 0.3) is 0 Å². The molecule has 0 saturated heterocycles. The van der Waals surface area contributed by atoms with Crippen LogP contribution in [0.5, 0.6) is 0 Å². The molecule has 0 heterocycles. The van der Waals surface area contributed by atoms with Crippen LogP contribution in [-0.2, 0) is 19.1 Å². The minimum absolute atomic E-state index is 0. The minimum atomic E-state index is -1.98. The summed E-state index contributed by atoms with van der Waals surface area (Å²) in [6.45, 7) is 8.38. The van der Waals surface area contributed by atoms with Gasteiger partial charge in [-0.3, -0.25) is 0 Å². The standard InChI is InChI=1S/C22H36O6.2K/c1-5-6-7-8-9-10-11-12-13-14-15-22(21(26)27,16-19(23)24)18(4)28-20(25)17(2)3;;/h14-15,18H,2,5-13,16H2,1,3-4H3,(H,23,24)(H,26,27);;/q;2*+1/p-2. The average molecular weight is 473 g/mol. The number of hydrogen-bond acceptors (Lipinski definition) is 6. The normalized spacial score (nSPS) is 13.4. The van der Waals surface area contributed by atoms with E-state index < -0.39 is 35.8 Å². The number of carboxylic acids is 2. The van der Waals surface area contributed by atoms with Crippen LogP contribution in [0.1, 0.15) is 85.0 Å². The van der Waals surface area contributed by atoms with Gasteiger partial charge in [-0.1, -0.05) is 70.6 Å². The zero-order valence-corrected chi connectivity index (χ0v) is 25.7. The number of carboxylic acid groups (broad SMARTS) is 2. The molecule has 0 aromatic rings. The van der Waals surface area contributed by atoms with Gasteiger partial charge in [-0.15, -0.1) is 0 Å². The van der Waals surface area contributed by atoms with Crippen molar-refractivity contribution in [3.63, 3.8) is 0 Å². The van der Waals surface area contributed by atoms with Gasteiger partial charge in [0, 0.05) is 18.0 Å². The van der Waals surface area contributed by atoms with Crippen molar-refractivity contribution in [3.8, 4) is 0 Å².